The quantitative estimate of drug-likeness (QED) is 0.525. The van der Waals surface area contributed by atoms with Gasteiger partial charge in [0.25, 0.3) is 5.91 Å². The summed E-state index contributed by atoms with van der Waals surface area (Å²) in [5, 5.41) is 7.91. The number of thiazole rings is 1. The molecule has 2 fully saturated rings. The first-order chi connectivity index (χ1) is 15.9. The highest BCUT2D eigenvalue weighted by Crippen LogP contribution is 2.42. The largest absolute Gasteiger partial charge is 0.389 e. The molecule has 174 valence electrons. The van der Waals surface area contributed by atoms with Crippen LogP contribution in [0.25, 0.3) is 10.6 Å². The van der Waals surface area contributed by atoms with Crippen molar-refractivity contribution < 1.29 is 9.18 Å². The van der Waals surface area contributed by atoms with E-state index in [1.165, 1.54) is 6.07 Å². The van der Waals surface area contributed by atoms with Crippen LogP contribution < -0.4 is 21.7 Å². The Morgan fingerprint density at radius 3 is 2.85 bits per heavy atom. The summed E-state index contributed by atoms with van der Waals surface area (Å²) in [6.07, 6.45) is 6.71. The van der Waals surface area contributed by atoms with E-state index in [1.54, 1.807) is 10.9 Å². The molecule has 0 spiro atoms. The summed E-state index contributed by atoms with van der Waals surface area (Å²) in [4.78, 5) is 19.7. The number of rotatable bonds is 5. The molecule has 1 saturated carbocycles. The lowest BCUT2D eigenvalue weighted by atomic mass is 10.1. The van der Waals surface area contributed by atoms with Crippen molar-refractivity contribution in [2.45, 2.75) is 44.1 Å². The molecular weight excluding hydrogens is 441 g/mol. The van der Waals surface area contributed by atoms with Gasteiger partial charge in [0.2, 0.25) is 0 Å². The summed E-state index contributed by atoms with van der Waals surface area (Å²) < 4.78 is 16.3. The number of hydrogen-bond donors (Lipinski definition) is 3. The molecule has 1 aromatic carbocycles. The zero-order chi connectivity index (χ0) is 23.1. The highest BCUT2D eigenvalue weighted by Gasteiger charge is 2.27. The van der Waals surface area contributed by atoms with E-state index >= 15 is 0 Å². The van der Waals surface area contributed by atoms with Crippen LogP contribution in [-0.4, -0.2) is 39.8 Å². The van der Waals surface area contributed by atoms with Gasteiger partial charge in [-0.15, -0.1) is 0 Å². The van der Waals surface area contributed by atoms with E-state index in [1.807, 2.05) is 19.2 Å². The van der Waals surface area contributed by atoms with Crippen LogP contribution in [0, 0.1) is 5.82 Å². The fourth-order valence-corrected chi connectivity index (χ4v) is 5.24. The lowest BCUT2D eigenvalue weighted by Gasteiger charge is -2.24. The van der Waals surface area contributed by atoms with Crippen LogP contribution in [0.3, 0.4) is 0 Å². The highest BCUT2D eigenvalue weighted by molar-refractivity contribution is 7.19. The maximum Gasteiger partial charge on any atom is 0.277 e. The molecule has 0 bridgehead atoms. The van der Waals surface area contributed by atoms with Crippen LogP contribution in [0.1, 0.15) is 54.1 Å². The normalized spacial score (nSPS) is 18.9. The van der Waals surface area contributed by atoms with E-state index in [0.29, 0.717) is 22.2 Å². The number of halogens is 1. The first-order valence-corrected chi connectivity index (χ1v) is 12.1. The number of hydrogen-bond acceptors (Lipinski definition) is 7. The minimum absolute atomic E-state index is 0.0962. The number of aromatic nitrogens is 3. The van der Waals surface area contributed by atoms with Crippen molar-refractivity contribution in [3.63, 3.8) is 0 Å². The molecule has 1 atom stereocenters. The molecule has 5 rings (SSSR count). The molecular formula is C23H28FN7OS. The molecule has 0 radical (unpaired) electrons. The van der Waals surface area contributed by atoms with Gasteiger partial charge in [-0.05, 0) is 55.7 Å². The Labute approximate surface area is 195 Å². The van der Waals surface area contributed by atoms with Crippen LogP contribution in [0.4, 0.5) is 20.9 Å². The summed E-state index contributed by atoms with van der Waals surface area (Å²) in [5.41, 5.74) is 14.4. The Morgan fingerprint density at radius 2 is 2.06 bits per heavy atom. The number of aryl methyl sites for hydroxylation is 1. The van der Waals surface area contributed by atoms with Crippen molar-refractivity contribution in [1.82, 2.24) is 14.8 Å². The molecule has 8 nitrogen and oxygen atoms in total. The maximum absolute atomic E-state index is 14.6. The number of carbonyl (C=O) groups is 1. The van der Waals surface area contributed by atoms with Gasteiger partial charge in [0.05, 0.1) is 6.20 Å². The maximum atomic E-state index is 14.6. The summed E-state index contributed by atoms with van der Waals surface area (Å²) in [6.45, 7) is 1.64. The van der Waals surface area contributed by atoms with Crippen molar-refractivity contribution in [2.75, 3.05) is 29.0 Å². The fourth-order valence-electron chi connectivity index (χ4n) is 4.40. The first kappa shape index (κ1) is 21.8. The van der Waals surface area contributed by atoms with Crippen LogP contribution in [0.2, 0.25) is 0 Å². The third-order valence-corrected chi connectivity index (χ3v) is 7.28. The van der Waals surface area contributed by atoms with Crippen molar-refractivity contribution in [2.24, 2.45) is 12.8 Å². The Bertz CT molecular complexity index is 1190. The molecule has 3 heterocycles. The Morgan fingerprint density at radius 1 is 1.24 bits per heavy atom. The van der Waals surface area contributed by atoms with Crippen LogP contribution in [0.5, 0.6) is 0 Å². The van der Waals surface area contributed by atoms with Crippen LogP contribution in [-0.2, 0) is 7.05 Å². The van der Waals surface area contributed by atoms with Crippen molar-refractivity contribution in [3.05, 3.63) is 41.5 Å². The second-order valence-electron chi connectivity index (χ2n) is 8.88. The first-order valence-electron chi connectivity index (χ1n) is 11.3. The molecule has 33 heavy (non-hydrogen) atoms. The second-order valence-corrected chi connectivity index (χ2v) is 9.91. The molecule has 0 unspecified atom stereocenters. The molecule has 1 saturated heterocycles. The second kappa shape index (κ2) is 8.75. The van der Waals surface area contributed by atoms with Crippen molar-refractivity contribution in [1.29, 1.82) is 0 Å². The molecule has 2 aromatic heterocycles. The van der Waals surface area contributed by atoms with Crippen molar-refractivity contribution >= 4 is 33.8 Å². The van der Waals surface area contributed by atoms with Gasteiger partial charge in [-0.1, -0.05) is 17.4 Å². The zero-order valence-corrected chi connectivity index (χ0v) is 19.4. The Hall–Kier alpha value is -2.98. The standard InChI is InChI=1S/C23H28FN7OS/c1-30-23(31-9-2-3-15(25)8-10-31)18(12-27-30)28-21(32)19-20(26)33-22(29-19)16-11-14(13-4-5-13)6-7-17(16)24/h6-7,11-13,15H,2-5,8-10,25-26H2,1H3,(H,28,32)/t15-/m1/s1. The van der Waals surface area contributed by atoms with E-state index in [0.717, 1.165) is 67.9 Å². The summed E-state index contributed by atoms with van der Waals surface area (Å²) in [5.74, 6) is 0.514. The fraction of sp³-hybridized carbons (Fsp3) is 0.435. The average Bonchev–Trinajstić information content (AvgIpc) is 3.52. The third-order valence-electron chi connectivity index (χ3n) is 6.37. The molecule has 1 amide bonds. The zero-order valence-electron chi connectivity index (χ0n) is 18.6. The van der Waals surface area contributed by atoms with E-state index in [-0.39, 0.29) is 22.6 Å². The van der Waals surface area contributed by atoms with Crippen LogP contribution in [0.15, 0.2) is 24.4 Å². The number of nitrogens with zero attached hydrogens (tertiary/aromatic N) is 4. The molecule has 1 aliphatic carbocycles. The topological polar surface area (TPSA) is 115 Å². The van der Waals surface area contributed by atoms with E-state index in [4.69, 9.17) is 11.5 Å². The van der Waals surface area contributed by atoms with Gasteiger partial charge in [0.15, 0.2) is 11.5 Å². The monoisotopic (exact) mass is 469 g/mol. The average molecular weight is 470 g/mol. The third kappa shape index (κ3) is 4.45. The van der Waals surface area contributed by atoms with Crippen LogP contribution >= 0.6 is 11.3 Å². The minimum Gasteiger partial charge on any atom is -0.389 e. The Kier molecular flexibility index (Phi) is 5.79. The number of nitrogens with two attached hydrogens (primary N) is 2. The van der Waals surface area contributed by atoms with E-state index in [2.05, 4.69) is 20.3 Å². The predicted octanol–water partition coefficient (Wildman–Crippen LogP) is 3.71. The SMILES string of the molecule is Cn1ncc(NC(=O)c2nc(-c3cc(C4CC4)ccc3F)sc2N)c1N1CCC[C@@H](N)CC1. The molecule has 5 N–H and O–H groups in total. The number of benzene rings is 1. The summed E-state index contributed by atoms with van der Waals surface area (Å²) in [6, 6.07) is 5.31. The molecule has 10 heteroatoms. The number of nitrogen functional groups attached to an aromatic ring is 1. The number of carbonyl (C=O) groups excluding carboxylic acids is 1. The number of amides is 1. The van der Waals surface area contributed by atoms with E-state index < -0.39 is 5.91 Å². The smallest absolute Gasteiger partial charge is 0.277 e. The number of nitrogens with one attached hydrogen (secondary N) is 1. The molecule has 2 aliphatic rings. The van der Waals surface area contributed by atoms with Gasteiger partial charge >= 0.3 is 0 Å². The highest BCUT2D eigenvalue weighted by atomic mass is 32.1. The number of anilines is 3. The van der Waals surface area contributed by atoms with Gasteiger partial charge in [-0.2, -0.15) is 5.10 Å². The summed E-state index contributed by atoms with van der Waals surface area (Å²) >= 11 is 1.12. The molecule has 1 aliphatic heterocycles. The van der Waals surface area contributed by atoms with Gasteiger partial charge in [-0.3, -0.25) is 9.48 Å². The minimum atomic E-state index is -0.436. The van der Waals surface area contributed by atoms with E-state index in [9.17, 15) is 9.18 Å². The van der Waals surface area contributed by atoms with Gasteiger partial charge in [0.1, 0.15) is 21.5 Å². The van der Waals surface area contributed by atoms with Gasteiger partial charge in [-0.25, -0.2) is 9.37 Å². The lowest BCUT2D eigenvalue weighted by molar-refractivity contribution is 0.102. The Balaban J connectivity index is 1.39. The predicted molar refractivity (Wildman–Crippen MR) is 129 cm³/mol. The van der Waals surface area contributed by atoms with Gasteiger partial charge in [0, 0.05) is 31.7 Å². The molecule has 3 aromatic rings. The van der Waals surface area contributed by atoms with Gasteiger partial charge < -0.3 is 21.7 Å². The van der Waals surface area contributed by atoms with Crippen molar-refractivity contribution in [3.8, 4) is 10.6 Å². The summed E-state index contributed by atoms with van der Waals surface area (Å²) in [7, 11) is 1.85. The lowest BCUT2D eigenvalue weighted by Crippen LogP contribution is -2.29.